The predicted octanol–water partition coefficient (Wildman–Crippen LogP) is 3.80. The average Bonchev–Trinajstić information content (AvgIpc) is 2.93. The van der Waals surface area contributed by atoms with Crippen LogP contribution in [0.3, 0.4) is 0 Å². The highest BCUT2D eigenvalue weighted by atomic mass is 19.1. The van der Waals surface area contributed by atoms with E-state index in [2.05, 4.69) is 0 Å². The van der Waals surface area contributed by atoms with E-state index in [1.54, 1.807) is 25.3 Å². The summed E-state index contributed by atoms with van der Waals surface area (Å²) in [4.78, 5) is 0. The molecule has 0 bridgehead atoms. The van der Waals surface area contributed by atoms with Gasteiger partial charge in [-0.05, 0) is 23.3 Å². The third-order valence-corrected chi connectivity index (χ3v) is 3.43. The van der Waals surface area contributed by atoms with E-state index >= 15 is 0 Å². The van der Waals surface area contributed by atoms with Gasteiger partial charge in [-0.3, -0.25) is 0 Å². The van der Waals surface area contributed by atoms with Crippen LogP contribution in [0.4, 0.5) is 4.39 Å². The van der Waals surface area contributed by atoms with Gasteiger partial charge in [-0.2, -0.15) is 0 Å². The number of methoxy groups -OCH3 is 1. The summed E-state index contributed by atoms with van der Waals surface area (Å²) in [6.07, 6.45) is -0.955. The van der Waals surface area contributed by atoms with Crippen LogP contribution >= 0.6 is 0 Å². The van der Waals surface area contributed by atoms with Gasteiger partial charge >= 0.3 is 0 Å². The Kier molecular flexibility index (Phi) is 3.73. The highest BCUT2D eigenvalue weighted by Gasteiger charge is 2.19. The molecule has 0 radical (unpaired) electrons. The fourth-order valence-electron chi connectivity index (χ4n) is 2.42. The summed E-state index contributed by atoms with van der Waals surface area (Å²) in [7, 11) is 1.60. The monoisotopic (exact) mass is 286 g/mol. The number of furan rings is 1. The van der Waals surface area contributed by atoms with Crippen molar-refractivity contribution in [3.63, 3.8) is 0 Å². The third kappa shape index (κ3) is 2.55. The smallest absolute Gasteiger partial charge is 0.170 e. The van der Waals surface area contributed by atoms with E-state index in [-0.39, 0.29) is 5.58 Å². The molecule has 0 amide bonds. The molecule has 0 saturated carbocycles. The molecule has 1 aromatic heterocycles. The van der Waals surface area contributed by atoms with Crippen molar-refractivity contribution in [1.82, 2.24) is 0 Å². The van der Waals surface area contributed by atoms with Crippen LogP contribution in [0.5, 0.6) is 0 Å². The Morgan fingerprint density at radius 1 is 1.19 bits per heavy atom. The Hall–Kier alpha value is -2.17. The van der Waals surface area contributed by atoms with E-state index in [1.807, 2.05) is 24.3 Å². The molecule has 0 fully saturated rings. The standard InChI is InChI=1S/C17H15FO3/c1-20-10-12-5-2-3-7-13(12)16(19)15-9-11-6-4-8-14(18)17(11)21-15/h2-9,16,19H,10H2,1H3. The molecule has 0 aliphatic heterocycles. The maximum atomic E-state index is 13.7. The Labute approximate surface area is 121 Å². The number of ether oxygens (including phenoxy) is 1. The number of aliphatic hydroxyl groups excluding tert-OH is 1. The maximum absolute atomic E-state index is 13.7. The second-order valence-corrected chi connectivity index (χ2v) is 4.84. The van der Waals surface area contributed by atoms with Crippen molar-refractivity contribution >= 4 is 11.0 Å². The molecular formula is C17H15FO3. The molecule has 0 aliphatic rings. The number of hydrogen-bond acceptors (Lipinski definition) is 3. The number of fused-ring (bicyclic) bond motifs is 1. The number of halogens is 1. The fraction of sp³-hybridized carbons (Fsp3) is 0.176. The lowest BCUT2D eigenvalue weighted by molar-refractivity contribution is 0.169. The zero-order valence-electron chi connectivity index (χ0n) is 11.5. The van der Waals surface area contributed by atoms with E-state index < -0.39 is 11.9 Å². The Morgan fingerprint density at radius 2 is 2.00 bits per heavy atom. The van der Waals surface area contributed by atoms with Crippen molar-refractivity contribution in [2.45, 2.75) is 12.7 Å². The lowest BCUT2D eigenvalue weighted by Crippen LogP contribution is -2.03. The second kappa shape index (κ2) is 5.68. The fourth-order valence-corrected chi connectivity index (χ4v) is 2.42. The van der Waals surface area contributed by atoms with Gasteiger partial charge in [0.25, 0.3) is 0 Å². The van der Waals surface area contributed by atoms with Gasteiger partial charge in [0.15, 0.2) is 11.4 Å². The molecule has 3 rings (SSSR count). The molecule has 1 atom stereocenters. The quantitative estimate of drug-likeness (QED) is 0.793. The molecule has 0 aliphatic carbocycles. The van der Waals surface area contributed by atoms with Crippen LogP contribution in [0, 0.1) is 5.82 Å². The van der Waals surface area contributed by atoms with Crippen LogP contribution in [0.25, 0.3) is 11.0 Å². The first-order valence-corrected chi connectivity index (χ1v) is 6.63. The summed E-state index contributed by atoms with van der Waals surface area (Å²) in [5.41, 5.74) is 1.73. The summed E-state index contributed by atoms with van der Waals surface area (Å²) in [6.45, 7) is 0.391. The van der Waals surface area contributed by atoms with Crippen LogP contribution in [0.2, 0.25) is 0 Å². The molecule has 0 saturated heterocycles. The highest BCUT2D eigenvalue weighted by Crippen LogP contribution is 2.31. The van der Waals surface area contributed by atoms with Crippen LogP contribution in [0.1, 0.15) is 23.0 Å². The number of rotatable bonds is 4. The average molecular weight is 286 g/mol. The lowest BCUT2D eigenvalue weighted by atomic mass is 10.0. The Morgan fingerprint density at radius 3 is 2.76 bits per heavy atom. The molecule has 3 aromatic rings. The van der Waals surface area contributed by atoms with Crippen molar-refractivity contribution in [1.29, 1.82) is 0 Å². The van der Waals surface area contributed by atoms with Crippen LogP contribution < -0.4 is 0 Å². The Bertz CT molecular complexity index is 764. The number of aliphatic hydroxyl groups is 1. The number of para-hydroxylation sites is 1. The van der Waals surface area contributed by atoms with E-state index in [9.17, 15) is 9.50 Å². The molecule has 4 heteroatoms. The summed E-state index contributed by atoms with van der Waals surface area (Å²) in [5, 5.41) is 11.2. The highest BCUT2D eigenvalue weighted by molar-refractivity contribution is 5.78. The molecule has 1 N–H and O–H groups in total. The lowest BCUT2D eigenvalue weighted by Gasteiger charge is -2.13. The normalized spacial score (nSPS) is 12.7. The van der Waals surface area contributed by atoms with Gasteiger partial charge in [-0.1, -0.05) is 36.4 Å². The molecule has 0 spiro atoms. The largest absolute Gasteiger partial charge is 0.455 e. The number of hydrogen-bond donors (Lipinski definition) is 1. The predicted molar refractivity (Wildman–Crippen MR) is 77.4 cm³/mol. The van der Waals surface area contributed by atoms with Gasteiger partial charge in [0.1, 0.15) is 11.9 Å². The molecular weight excluding hydrogens is 271 g/mol. The minimum atomic E-state index is -0.955. The molecule has 21 heavy (non-hydrogen) atoms. The number of benzene rings is 2. The minimum Gasteiger partial charge on any atom is -0.455 e. The summed E-state index contributed by atoms with van der Waals surface area (Å²) in [5.74, 6) is -0.116. The first-order valence-electron chi connectivity index (χ1n) is 6.63. The summed E-state index contributed by atoms with van der Waals surface area (Å²) >= 11 is 0. The van der Waals surface area contributed by atoms with Crippen molar-refractivity contribution in [3.8, 4) is 0 Å². The van der Waals surface area contributed by atoms with E-state index in [4.69, 9.17) is 9.15 Å². The first kappa shape index (κ1) is 13.8. The maximum Gasteiger partial charge on any atom is 0.170 e. The zero-order chi connectivity index (χ0) is 14.8. The van der Waals surface area contributed by atoms with E-state index in [1.165, 1.54) is 6.07 Å². The van der Waals surface area contributed by atoms with Crippen molar-refractivity contribution < 1.29 is 18.7 Å². The summed E-state index contributed by atoms with van der Waals surface area (Å²) in [6, 6.07) is 13.8. The van der Waals surface area contributed by atoms with Crippen molar-refractivity contribution in [2.24, 2.45) is 0 Å². The Balaban J connectivity index is 2.04. The third-order valence-electron chi connectivity index (χ3n) is 3.43. The molecule has 1 unspecified atom stereocenters. The molecule has 1 heterocycles. The molecule has 2 aromatic carbocycles. The van der Waals surface area contributed by atoms with Crippen LogP contribution in [-0.2, 0) is 11.3 Å². The van der Waals surface area contributed by atoms with Gasteiger partial charge in [-0.15, -0.1) is 0 Å². The van der Waals surface area contributed by atoms with Gasteiger partial charge in [-0.25, -0.2) is 4.39 Å². The van der Waals surface area contributed by atoms with Gasteiger partial charge < -0.3 is 14.3 Å². The molecule has 108 valence electrons. The van der Waals surface area contributed by atoms with Crippen LogP contribution in [0.15, 0.2) is 52.9 Å². The van der Waals surface area contributed by atoms with E-state index in [0.29, 0.717) is 23.3 Å². The van der Waals surface area contributed by atoms with Crippen LogP contribution in [-0.4, -0.2) is 12.2 Å². The van der Waals surface area contributed by atoms with Crippen molar-refractivity contribution in [2.75, 3.05) is 7.11 Å². The minimum absolute atomic E-state index is 0.163. The first-order chi connectivity index (χ1) is 10.2. The molecule has 3 nitrogen and oxygen atoms in total. The SMILES string of the molecule is COCc1ccccc1C(O)c1cc2cccc(F)c2o1. The van der Waals surface area contributed by atoms with E-state index in [0.717, 1.165) is 5.56 Å². The second-order valence-electron chi connectivity index (χ2n) is 4.84. The van der Waals surface area contributed by atoms with Gasteiger partial charge in [0, 0.05) is 12.5 Å². The van der Waals surface area contributed by atoms with Gasteiger partial charge in [0.05, 0.1) is 6.61 Å². The topological polar surface area (TPSA) is 42.6 Å². The van der Waals surface area contributed by atoms with Crippen molar-refractivity contribution in [3.05, 3.63) is 71.2 Å². The zero-order valence-corrected chi connectivity index (χ0v) is 11.5. The van der Waals surface area contributed by atoms with Gasteiger partial charge in [0.2, 0.25) is 0 Å². The summed E-state index contributed by atoms with van der Waals surface area (Å²) < 4.78 is 24.3.